The summed E-state index contributed by atoms with van der Waals surface area (Å²) < 4.78 is 11.6. The second-order valence-corrected chi connectivity index (χ2v) is 12.0. The third-order valence-corrected chi connectivity index (χ3v) is 9.15. The number of ketones is 1. The lowest BCUT2D eigenvalue weighted by atomic mass is 9.95. The van der Waals surface area contributed by atoms with Gasteiger partial charge in [0.05, 0.1) is 25.3 Å². The molecule has 0 bridgehead atoms. The highest BCUT2D eigenvalue weighted by Gasteiger charge is 2.48. The fourth-order valence-corrected chi connectivity index (χ4v) is 6.60. The standard InChI is InChI=1S/C31H28ClN3O5S2/c1-3-4-17-40-23-15-11-20(12-16-23)27(36)25-26(19-9-13-22(39-2)14-10-19)35(29(38)28(25)37)30-33-34-31(42-30)41-18-21-7-5-6-8-24(21)32/h5-16,26,36H,3-4,17-18H2,1-2H3/b27-25-. The summed E-state index contributed by atoms with van der Waals surface area (Å²) >= 11 is 8.92. The van der Waals surface area contributed by atoms with Gasteiger partial charge >= 0.3 is 5.91 Å². The van der Waals surface area contributed by atoms with Crippen molar-refractivity contribution >= 4 is 57.3 Å². The Hall–Kier alpha value is -3.86. The van der Waals surface area contributed by atoms with Crippen molar-refractivity contribution in [3.8, 4) is 11.5 Å². The van der Waals surface area contributed by atoms with Crippen molar-refractivity contribution in [2.75, 3.05) is 18.6 Å². The number of carbonyl (C=O) groups is 2. The first-order valence-corrected chi connectivity index (χ1v) is 15.5. The van der Waals surface area contributed by atoms with Gasteiger partial charge in [0.25, 0.3) is 5.78 Å². The molecule has 1 fully saturated rings. The van der Waals surface area contributed by atoms with Gasteiger partial charge in [-0.05, 0) is 60.0 Å². The number of aromatic nitrogens is 2. The predicted octanol–water partition coefficient (Wildman–Crippen LogP) is 7.30. The SMILES string of the molecule is CCCCOc1ccc(/C(O)=C2/C(=O)C(=O)N(c3nnc(SCc4ccccc4Cl)s3)C2c2ccc(OC)cc2)cc1. The molecule has 0 aliphatic carbocycles. The molecule has 1 atom stereocenters. The van der Waals surface area contributed by atoms with Crippen LogP contribution in [0.3, 0.4) is 0 Å². The number of amides is 1. The number of Topliss-reactive ketones (excluding diaryl/α,β-unsaturated/α-hetero) is 1. The molecule has 216 valence electrons. The first-order valence-electron chi connectivity index (χ1n) is 13.3. The highest BCUT2D eigenvalue weighted by atomic mass is 35.5. The molecule has 1 aliphatic rings. The van der Waals surface area contributed by atoms with Gasteiger partial charge in [0.15, 0.2) is 4.34 Å². The van der Waals surface area contributed by atoms with Crippen LogP contribution in [-0.2, 0) is 15.3 Å². The first-order chi connectivity index (χ1) is 20.4. The fraction of sp³-hybridized carbons (Fsp3) is 0.226. The van der Waals surface area contributed by atoms with E-state index in [1.165, 1.54) is 28.0 Å². The monoisotopic (exact) mass is 621 g/mol. The van der Waals surface area contributed by atoms with E-state index < -0.39 is 17.7 Å². The Kier molecular flexibility index (Phi) is 9.46. The number of unbranched alkanes of at least 4 members (excludes halogenated alkanes) is 1. The maximum absolute atomic E-state index is 13.5. The van der Waals surface area contributed by atoms with Gasteiger partial charge in [-0.1, -0.05) is 78.4 Å². The molecule has 42 heavy (non-hydrogen) atoms. The number of halogens is 1. The van der Waals surface area contributed by atoms with Crippen molar-refractivity contribution in [1.82, 2.24) is 10.2 Å². The molecular weight excluding hydrogens is 594 g/mol. The number of hydrogen-bond donors (Lipinski definition) is 1. The number of ether oxygens (including phenoxy) is 2. The van der Waals surface area contributed by atoms with Gasteiger partial charge in [-0.25, -0.2) is 0 Å². The van der Waals surface area contributed by atoms with Gasteiger partial charge in [-0.2, -0.15) is 0 Å². The Morgan fingerprint density at radius 2 is 1.74 bits per heavy atom. The molecule has 3 aromatic carbocycles. The third kappa shape index (κ3) is 6.30. The van der Waals surface area contributed by atoms with Crippen LogP contribution >= 0.6 is 34.7 Å². The molecule has 11 heteroatoms. The van der Waals surface area contributed by atoms with Crippen LogP contribution in [0.2, 0.25) is 5.02 Å². The number of nitrogens with zero attached hydrogens (tertiary/aromatic N) is 3. The van der Waals surface area contributed by atoms with Crippen molar-refractivity contribution < 1.29 is 24.2 Å². The van der Waals surface area contributed by atoms with E-state index in [-0.39, 0.29) is 16.5 Å². The highest BCUT2D eigenvalue weighted by molar-refractivity contribution is 8.00. The Balaban J connectivity index is 1.49. The molecule has 1 unspecified atom stereocenters. The van der Waals surface area contributed by atoms with Crippen molar-refractivity contribution in [2.45, 2.75) is 35.9 Å². The van der Waals surface area contributed by atoms with Crippen LogP contribution in [0.1, 0.15) is 42.5 Å². The number of methoxy groups -OCH3 is 1. The Bertz CT molecular complexity index is 1610. The van der Waals surface area contributed by atoms with E-state index in [4.69, 9.17) is 21.1 Å². The summed E-state index contributed by atoms with van der Waals surface area (Å²) in [6.45, 7) is 2.67. The largest absolute Gasteiger partial charge is 0.507 e. The fourth-order valence-electron chi connectivity index (χ4n) is 4.44. The molecule has 2 heterocycles. The topological polar surface area (TPSA) is 102 Å². The molecule has 4 aromatic rings. The van der Waals surface area contributed by atoms with Crippen molar-refractivity contribution in [3.63, 3.8) is 0 Å². The lowest BCUT2D eigenvalue weighted by molar-refractivity contribution is -0.132. The normalized spacial score (nSPS) is 16.2. The zero-order valence-electron chi connectivity index (χ0n) is 23.0. The van der Waals surface area contributed by atoms with Crippen molar-refractivity contribution in [2.24, 2.45) is 0 Å². The summed E-state index contributed by atoms with van der Waals surface area (Å²) in [6.07, 6.45) is 1.94. The van der Waals surface area contributed by atoms with Gasteiger partial charge in [0.2, 0.25) is 5.13 Å². The molecular formula is C31H28ClN3O5S2. The number of aliphatic hydroxyl groups is 1. The van der Waals surface area contributed by atoms with E-state index in [1.54, 1.807) is 55.6 Å². The molecule has 0 saturated carbocycles. The summed E-state index contributed by atoms with van der Waals surface area (Å²) in [6, 6.07) is 20.4. The second-order valence-electron chi connectivity index (χ2n) is 9.40. The van der Waals surface area contributed by atoms with Crippen LogP contribution in [0.5, 0.6) is 11.5 Å². The Labute approximate surface area is 257 Å². The minimum Gasteiger partial charge on any atom is -0.507 e. The summed E-state index contributed by atoms with van der Waals surface area (Å²) in [5.74, 6) is -0.0542. The number of rotatable bonds is 11. The molecule has 8 nitrogen and oxygen atoms in total. The zero-order valence-corrected chi connectivity index (χ0v) is 25.3. The van der Waals surface area contributed by atoms with Crippen LogP contribution in [-0.4, -0.2) is 40.7 Å². The van der Waals surface area contributed by atoms with E-state index in [0.29, 0.717) is 44.3 Å². The van der Waals surface area contributed by atoms with Gasteiger partial charge < -0.3 is 14.6 Å². The number of anilines is 1. The van der Waals surface area contributed by atoms with E-state index in [9.17, 15) is 14.7 Å². The molecule has 1 saturated heterocycles. The van der Waals surface area contributed by atoms with Gasteiger partial charge in [0.1, 0.15) is 17.3 Å². The van der Waals surface area contributed by atoms with Crippen LogP contribution in [0.4, 0.5) is 5.13 Å². The van der Waals surface area contributed by atoms with Crippen LogP contribution < -0.4 is 14.4 Å². The van der Waals surface area contributed by atoms with Gasteiger partial charge in [0, 0.05) is 16.3 Å². The lowest BCUT2D eigenvalue weighted by Crippen LogP contribution is -2.29. The smallest absolute Gasteiger partial charge is 0.301 e. The molecule has 5 rings (SSSR count). The van der Waals surface area contributed by atoms with Crippen molar-refractivity contribution in [3.05, 3.63) is 100 Å². The zero-order chi connectivity index (χ0) is 29.6. The number of aliphatic hydroxyl groups excluding tert-OH is 1. The Morgan fingerprint density at radius 3 is 2.43 bits per heavy atom. The van der Waals surface area contributed by atoms with E-state index in [1.807, 2.05) is 24.3 Å². The van der Waals surface area contributed by atoms with Crippen LogP contribution in [0.15, 0.2) is 82.7 Å². The quantitative estimate of drug-likeness (QED) is 0.0465. The predicted molar refractivity (Wildman–Crippen MR) is 166 cm³/mol. The lowest BCUT2D eigenvalue weighted by Gasteiger charge is -2.22. The first kappa shape index (κ1) is 29.6. The molecule has 1 aromatic heterocycles. The number of carbonyl (C=O) groups excluding carboxylic acids is 2. The number of benzene rings is 3. The minimum atomic E-state index is -0.925. The molecule has 1 amide bonds. The Morgan fingerprint density at radius 1 is 1.02 bits per heavy atom. The molecule has 1 N–H and O–H groups in total. The van der Waals surface area contributed by atoms with E-state index in [2.05, 4.69) is 17.1 Å². The number of hydrogen-bond acceptors (Lipinski definition) is 9. The van der Waals surface area contributed by atoms with E-state index >= 15 is 0 Å². The maximum Gasteiger partial charge on any atom is 0.301 e. The van der Waals surface area contributed by atoms with Crippen molar-refractivity contribution in [1.29, 1.82) is 0 Å². The highest BCUT2D eigenvalue weighted by Crippen LogP contribution is 2.44. The van der Waals surface area contributed by atoms with E-state index in [0.717, 1.165) is 18.4 Å². The molecule has 0 radical (unpaired) electrons. The summed E-state index contributed by atoms with van der Waals surface area (Å²) in [5.41, 5.74) is 1.91. The summed E-state index contributed by atoms with van der Waals surface area (Å²) in [5, 5.41) is 20.8. The van der Waals surface area contributed by atoms with Gasteiger partial charge in [-0.3, -0.25) is 14.5 Å². The summed E-state index contributed by atoms with van der Waals surface area (Å²) in [7, 11) is 1.56. The molecule has 0 spiro atoms. The number of thioether (sulfide) groups is 1. The van der Waals surface area contributed by atoms with Crippen LogP contribution in [0.25, 0.3) is 5.76 Å². The average Bonchev–Trinajstić information content (AvgIpc) is 3.58. The van der Waals surface area contributed by atoms with Crippen LogP contribution in [0, 0.1) is 0 Å². The third-order valence-electron chi connectivity index (χ3n) is 6.68. The summed E-state index contributed by atoms with van der Waals surface area (Å²) in [4.78, 5) is 28.3. The second kappa shape index (κ2) is 13.4. The minimum absolute atomic E-state index is 0.0368. The maximum atomic E-state index is 13.5. The average molecular weight is 622 g/mol. The molecule has 1 aliphatic heterocycles. The van der Waals surface area contributed by atoms with Gasteiger partial charge in [-0.15, -0.1) is 10.2 Å².